The van der Waals surface area contributed by atoms with Gasteiger partial charge in [-0.3, -0.25) is 14.6 Å². The lowest BCUT2D eigenvalue weighted by molar-refractivity contribution is -0.125. The van der Waals surface area contributed by atoms with Crippen LogP contribution >= 0.6 is 0 Å². The molecular weight excluding hydrogens is 418 g/mol. The molecule has 1 aliphatic heterocycles. The Morgan fingerprint density at radius 1 is 0.939 bits per heavy atom. The van der Waals surface area contributed by atoms with Gasteiger partial charge in [0, 0.05) is 31.6 Å². The van der Waals surface area contributed by atoms with Gasteiger partial charge in [0.05, 0.1) is 21.3 Å². The Labute approximate surface area is 199 Å². The first-order valence-electron chi connectivity index (χ1n) is 12.6. The molecule has 186 valence electrons. The van der Waals surface area contributed by atoms with E-state index in [1.807, 2.05) is 12.1 Å². The predicted octanol–water partition coefficient (Wildman–Crippen LogP) is 3.84. The molecule has 0 radical (unpaired) electrons. The summed E-state index contributed by atoms with van der Waals surface area (Å²) in [6.07, 6.45) is 8.93. The van der Waals surface area contributed by atoms with Crippen LogP contribution in [-0.2, 0) is 11.3 Å². The van der Waals surface area contributed by atoms with Crippen molar-refractivity contribution < 1.29 is 19.0 Å². The van der Waals surface area contributed by atoms with E-state index in [1.54, 1.807) is 21.3 Å². The zero-order valence-corrected chi connectivity index (χ0v) is 21.1. The summed E-state index contributed by atoms with van der Waals surface area (Å²) in [5.41, 5.74) is 1.16. The molecule has 1 spiro atoms. The van der Waals surface area contributed by atoms with Gasteiger partial charge in [0.1, 0.15) is 0 Å². The Morgan fingerprint density at radius 3 is 2.24 bits per heavy atom. The summed E-state index contributed by atoms with van der Waals surface area (Å²) in [7, 11) is 4.91. The van der Waals surface area contributed by atoms with Crippen molar-refractivity contribution in [2.75, 3.05) is 54.1 Å². The number of ether oxygens (including phenoxy) is 3. The predicted molar refractivity (Wildman–Crippen MR) is 131 cm³/mol. The molecule has 2 fully saturated rings. The van der Waals surface area contributed by atoms with Gasteiger partial charge in [-0.25, -0.2) is 0 Å². The van der Waals surface area contributed by atoms with Crippen LogP contribution in [-0.4, -0.2) is 75.3 Å². The molecule has 1 saturated carbocycles. The minimum absolute atomic E-state index is 0.0459. The average molecular weight is 462 g/mol. The average Bonchev–Trinajstić information content (AvgIpc) is 2.84. The van der Waals surface area contributed by atoms with Gasteiger partial charge in [-0.2, -0.15) is 0 Å². The molecule has 1 saturated heterocycles. The third-order valence-corrected chi connectivity index (χ3v) is 7.22. The van der Waals surface area contributed by atoms with Crippen molar-refractivity contribution in [3.8, 4) is 17.2 Å². The van der Waals surface area contributed by atoms with Crippen LogP contribution in [0.25, 0.3) is 0 Å². The Morgan fingerprint density at radius 2 is 1.64 bits per heavy atom. The molecule has 1 aromatic rings. The summed E-state index contributed by atoms with van der Waals surface area (Å²) in [5, 5.41) is 3.22. The fraction of sp³-hybridized carbons (Fsp3) is 0.731. The SMILES string of the molecule is CCCN1CCCN(Cc2cc(OC)c(OC)c(OC)c2)CCNC(=O)CC12CCCCC2. The highest BCUT2D eigenvalue weighted by atomic mass is 16.5. The topological polar surface area (TPSA) is 63.3 Å². The third kappa shape index (κ3) is 6.54. The summed E-state index contributed by atoms with van der Waals surface area (Å²) in [4.78, 5) is 18.0. The van der Waals surface area contributed by atoms with Crippen molar-refractivity contribution in [1.29, 1.82) is 0 Å². The second-order valence-electron chi connectivity index (χ2n) is 9.46. The molecule has 3 rings (SSSR count). The number of nitrogens with one attached hydrogen (secondary N) is 1. The van der Waals surface area contributed by atoms with Crippen LogP contribution in [0.1, 0.15) is 63.9 Å². The van der Waals surface area contributed by atoms with Crippen molar-refractivity contribution >= 4 is 5.91 Å². The Balaban J connectivity index is 1.76. The highest BCUT2D eigenvalue weighted by Crippen LogP contribution is 2.39. The number of carbonyl (C=O) groups is 1. The fourth-order valence-corrected chi connectivity index (χ4v) is 5.63. The van der Waals surface area contributed by atoms with Crippen molar-refractivity contribution in [2.45, 2.75) is 70.4 Å². The van der Waals surface area contributed by atoms with E-state index in [1.165, 1.54) is 19.3 Å². The quantitative estimate of drug-likeness (QED) is 0.666. The van der Waals surface area contributed by atoms with E-state index in [0.717, 1.165) is 64.0 Å². The van der Waals surface area contributed by atoms with E-state index >= 15 is 0 Å². The Hall–Kier alpha value is -1.99. The van der Waals surface area contributed by atoms with Crippen LogP contribution < -0.4 is 19.5 Å². The number of methoxy groups -OCH3 is 3. The first-order chi connectivity index (χ1) is 16.0. The molecule has 2 aliphatic rings. The monoisotopic (exact) mass is 461 g/mol. The first kappa shape index (κ1) is 25.6. The zero-order chi connectivity index (χ0) is 23.7. The highest BCUT2D eigenvalue weighted by Gasteiger charge is 2.39. The van der Waals surface area contributed by atoms with Gasteiger partial charge < -0.3 is 19.5 Å². The van der Waals surface area contributed by atoms with E-state index in [2.05, 4.69) is 22.0 Å². The van der Waals surface area contributed by atoms with Crippen molar-refractivity contribution in [3.63, 3.8) is 0 Å². The lowest BCUT2D eigenvalue weighted by atomic mass is 9.77. The zero-order valence-electron chi connectivity index (χ0n) is 21.1. The Kier molecular flexibility index (Phi) is 9.68. The maximum Gasteiger partial charge on any atom is 0.221 e. The normalized spacial score (nSPS) is 20.7. The summed E-state index contributed by atoms with van der Waals surface area (Å²) >= 11 is 0. The highest BCUT2D eigenvalue weighted by molar-refractivity contribution is 5.77. The van der Waals surface area contributed by atoms with Gasteiger partial charge in [0.2, 0.25) is 11.7 Å². The molecule has 1 amide bonds. The Bertz CT molecular complexity index is 739. The molecule has 1 heterocycles. The van der Waals surface area contributed by atoms with E-state index in [-0.39, 0.29) is 11.4 Å². The third-order valence-electron chi connectivity index (χ3n) is 7.22. The standard InChI is InChI=1S/C26H43N3O4/c1-5-13-29-15-9-14-28(16-12-27-24(30)19-26(29)10-7-6-8-11-26)20-21-17-22(31-2)25(33-4)23(18-21)32-3/h17-18H,5-16,19-20H2,1-4H3,(H,27,30). The van der Waals surface area contributed by atoms with Gasteiger partial charge in [0.15, 0.2) is 11.5 Å². The number of benzene rings is 1. The fourth-order valence-electron chi connectivity index (χ4n) is 5.63. The van der Waals surface area contributed by atoms with Crippen molar-refractivity contribution in [2.24, 2.45) is 0 Å². The maximum atomic E-state index is 12.9. The van der Waals surface area contributed by atoms with Gasteiger partial charge in [-0.1, -0.05) is 26.2 Å². The molecular formula is C26H43N3O4. The summed E-state index contributed by atoms with van der Waals surface area (Å²) < 4.78 is 16.5. The molecule has 33 heavy (non-hydrogen) atoms. The lowest BCUT2D eigenvalue weighted by Crippen LogP contribution is -2.53. The van der Waals surface area contributed by atoms with E-state index in [9.17, 15) is 4.79 Å². The van der Waals surface area contributed by atoms with Gasteiger partial charge in [0.25, 0.3) is 0 Å². The second kappa shape index (κ2) is 12.5. The first-order valence-corrected chi connectivity index (χ1v) is 12.6. The van der Waals surface area contributed by atoms with Gasteiger partial charge in [-0.05, 0) is 63.0 Å². The number of nitrogens with zero attached hydrogens (tertiary/aromatic N) is 2. The number of carbonyl (C=O) groups excluding carboxylic acids is 1. The van der Waals surface area contributed by atoms with Crippen LogP contribution in [0.15, 0.2) is 12.1 Å². The van der Waals surface area contributed by atoms with E-state index in [4.69, 9.17) is 14.2 Å². The van der Waals surface area contributed by atoms with E-state index < -0.39 is 0 Å². The van der Waals surface area contributed by atoms with Gasteiger partial charge in [-0.15, -0.1) is 0 Å². The van der Waals surface area contributed by atoms with Crippen molar-refractivity contribution in [3.05, 3.63) is 17.7 Å². The van der Waals surface area contributed by atoms with E-state index in [0.29, 0.717) is 30.2 Å². The number of hydrogen-bond acceptors (Lipinski definition) is 6. The molecule has 0 atom stereocenters. The molecule has 0 unspecified atom stereocenters. The smallest absolute Gasteiger partial charge is 0.221 e. The summed E-state index contributed by atoms with van der Waals surface area (Å²) in [5.74, 6) is 2.16. The molecule has 1 aromatic carbocycles. The molecule has 1 N–H and O–H groups in total. The largest absolute Gasteiger partial charge is 0.493 e. The summed E-state index contributed by atoms with van der Waals surface area (Å²) in [6.45, 7) is 7.62. The van der Waals surface area contributed by atoms with Crippen molar-refractivity contribution in [1.82, 2.24) is 15.1 Å². The number of rotatable bonds is 7. The van der Waals surface area contributed by atoms with Crippen LogP contribution in [0.4, 0.5) is 0 Å². The molecule has 0 bridgehead atoms. The molecule has 1 aliphatic carbocycles. The van der Waals surface area contributed by atoms with Gasteiger partial charge >= 0.3 is 0 Å². The van der Waals surface area contributed by atoms with Crippen LogP contribution in [0.2, 0.25) is 0 Å². The number of hydrogen-bond donors (Lipinski definition) is 1. The lowest BCUT2D eigenvalue weighted by Gasteiger charge is -2.46. The molecule has 0 aromatic heterocycles. The minimum Gasteiger partial charge on any atom is -0.493 e. The minimum atomic E-state index is 0.0459. The summed E-state index contributed by atoms with van der Waals surface area (Å²) in [6, 6.07) is 4.04. The van der Waals surface area contributed by atoms with Crippen LogP contribution in [0.5, 0.6) is 17.2 Å². The van der Waals surface area contributed by atoms with Crippen LogP contribution in [0.3, 0.4) is 0 Å². The molecule has 7 heteroatoms. The maximum absolute atomic E-state index is 12.9. The van der Waals surface area contributed by atoms with Crippen LogP contribution in [0, 0.1) is 0 Å². The number of amides is 1. The second-order valence-corrected chi connectivity index (χ2v) is 9.46. The molecule has 7 nitrogen and oxygen atoms in total.